The van der Waals surface area contributed by atoms with E-state index < -0.39 is 97.5 Å². The van der Waals surface area contributed by atoms with Gasteiger partial charge in [0, 0.05) is 25.7 Å². The predicted molar refractivity (Wildman–Crippen MR) is 243 cm³/mol. The molecule has 0 saturated heterocycles. The Morgan fingerprint density at radius 3 is 1.02 bits per heavy atom. The van der Waals surface area contributed by atoms with Crippen molar-refractivity contribution in [2.45, 2.75) is 226 Å². The quantitative estimate of drug-likeness (QED) is 0.0222. The zero-order valence-electron chi connectivity index (χ0n) is 39.7. The number of aliphatic hydroxyl groups excluding tert-OH is 1. The summed E-state index contributed by atoms with van der Waals surface area (Å²) < 4.78 is 65.9. The molecule has 0 aromatic carbocycles. The molecule has 0 aliphatic heterocycles. The van der Waals surface area contributed by atoms with Crippen LogP contribution in [-0.2, 0) is 65.4 Å². The van der Waals surface area contributed by atoms with E-state index in [4.69, 9.17) is 37.0 Å². The first-order valence-electron chi connectivity index (χ1n) is 24.3. The van der Waals surface area contributed by atoms with Crippen LogP contribution in [0.15, 0.2) is 0 Å². The molecule has 0 aromatic rings. The molecule has 0 rings (SSSR count). The highest BCUT2D eigenvalue weighted by Gasteiger charge is 2.30. The molecule has 0 aliphatic carbocycles. The zero-order valence-corrected chi connectivity index (χ0v) is 41.5. The van der Waals surface area contributed by atoms with Gasteiger partial charge >= 0.3 is 39.5 Å². The number of carbonyl (C=O) groups excluding carboxylic acids is 4. The molecule has 5 atom stereocenters. The van der Waals surface area contributed by atoms with E-state index in [2.05, 4.69) is 6.92 Å². The lowest BCUT2D eigenvalue weighted by Crippen LogP contribution is -2.30. The van der Waals surface area contributed by atoms with Gasteiger partial charge in [-0.1, -0.05) is 156 Å². The molecule has 64 heavy (non-hydrogen) atoms. The number of ether oxygens (including phenoxy) is 4. The summed E-state index contributed by atoms with van der Waals surface area (Å²) in [7, 11) is -9.79. The van der Waals surface area contributed by atoms with E-state index in [0.29, 0.717) is 25.7 Å². The van der Waals surface area contributed by atoms with Crippen LogP contribution in [0.3, 0.4) is 0 Å². The smallest absolute Gasteiger partial charge is 0.462 e. The number of esters is 4. The van der Waals surface area contributed by atoms with Crippen LogP contribution in [0.5, 0.6) is 0 Å². The van der Waals surface area contributed by atoms with Gasteiger partial charge in [-0.3, -0.25) is 37.3 Å². The predicted octanol–water partition coefficient (Wildman–Crippen LogP) is 10.5. The number of aliphatic hydroxyl groups is 1. The molecule has 378 valence electrons. The molecule has 17 nitrogen and oxygen atoms in total. The summed E-state index contributed by atoms with van der Waals surface area (Å²) in [5.41, 5.74) is 0. The third-order valence-corrected chi connectivity index (χ3v) is 12.0. The van der Waals surface area contributed by atoms with E-state index >= 15 is 0 Å². The number of phosphoric acid groups is 2. The first-order valence-corrected chi connectivity index (χ1v) is 27.3. The van der Waals surface area contributed by atoms with Crippen molar-refractivity contribution in [3.63, 3.8) is 0 Å². The minimum atomic E-state index is -4.90. The minimum Gasteiger partial charge on any atom is -0.462 e. The Bertz CT molecular complexity index is 1290. The van der Waals surface area contributed by atoms with E-state index in [9.17, 15) is 43.2 Å². The Labute approximate surface area is 384 Å². The van der Waals surface area contributed by atoms with Crippen molar-refractivity contribution >= 4 is 39.5 Å². The molecule has 2 unspecified atom stereocenters. The first kappa shape index (κ1) is 62.1. The van der Waals surface area contributed by atoms with Crippen molar-refractivity contribution < 1.29 is 80.2 Å². The fraction of sp³-hybridized carbons (Fsp3) is 0.911. The maximum Gasteiger partial charge on any atom is 0.472 e. The van der Waals surface area contributed by atoms with Crippen molar-refractivity contribution in [3.8, 4) is 0 Å². The monoisotopic (exact) mass is 961 g/mol. The lowest BCUT2D eigenvalue weighted by atomic mass is 10.0. The summed E-state index contributed by atoms with van der Waals surface area (Å²) in [6, 6.07) is 0. The average molecular weight is 961 g/mol. The normalized spacial score (nSPS) is 14.8. The molecule has 0 aromatic heterocycles. The molecule has 0 amide bonds. The summed E-state index contributed by atoms with van der Waals surface area (Å²) in [5.74, 6) is -2.24. The maximum absolute atomic E-state index is 12.7. The Balaban J connectivity index is 4.80. The molecular formula is C45H86O17P2. The molecule has 0 heterocycles. The highest BCUT2D eigenvalue weighted by atomic mass is 31.2. The Morgan fingerprint density at radius 1 is 0.375 bits per heavy atom. The van der Waals surface area contributed by atoms with Gasteiger partial charge in [0.25, 0.3) is 0 Å². The Kier molecular flexibility index (Phi) is 40.0. The van der Waals surface area contributed by atoms with Crippen molar-refractivity contribution in [2.24, 2.45) is 0 Å². The summed E-state index contributed by atoms with van der Waals surface area (Å²) in [5, 5.41) is 10.3. The van der Waals surface area contributed by atoms with Crippen molar-refractivity contribution in [3.05, 3.63) is 0 Å². The van der Waals surface area contributed by atoms with Gasteiger partial charge in [-0.15, -0.1) is 0 Å². The fourth-order valence-corrected chi connectivity index (χ4v) is 7.83. The van der Waals surface area contributed by atoms with E-state index in [-0.39, 0.29) is 25.7 Å². The van der Waals surface area contributed by atoms with Gasteiger partial charge in [-0.25, -0.2) is 9.13 Å². The molecule has 0 radical (unpaired) electrons. The number of hydrogen-bond acceptors (Lipinski definition) is 15. The first-order chi connectivity index (χ1) is 30.7. The topological polar surface area (TPSA) is 237 Å². The standard InChI is InChI=1S/C45H86O17P2/c1-5-9-13-15-16-17-18-19-20-21-22-23-24-25-28-31-43(48)56-36-41(62-45(50)32-26-11-7-3)38-60-64(53,54)58-34-39(46)33-57-63(51,52)59-37-40(61-44(49)29-12-8-4)35-55-42(47)30-27-14-10-6-2/h39-41,46H,5-38H2,1-4H3,(H,51,52)(H,53,54)/t39-,40+,41+/m0/s1. The van der Waals surface area contributed by atoms with Crippen LogP contribution < -0.4 is 0 Å². The molecular weight excluding hydrogens is 874 g/mol. The number of phosphoric ester groups is 2. The van der Waals surface area contributed by atoms with Crippen LogP contribution >= 0.6 is 15.6 Å². The molecule has 0 saturated carbocycles. The Morgan fingerprint density at radius 2 is 0.641 bits per heavy atom. The second-order valence-corrected chi connectivity index (χ2v) is 19.3. The van der Waals surface area contributed by atoms with Crippen molar-refractivity contribution in [2.75, 3.05) is 39.6 Å². The maximum atomic E-state index is 12.7. The number of rotatable bonds is 46. The third-order valence-electron chi connectivity index (χ3n) is 10.1. The van der Waals surface area contributed by atoms with Gasteiger partial charge in [0.15, 0.2) is 12.2 Å². The zero-order chi connectivity index (χ0) is 47.7. The van der Waals surface area contributed by atoms with Gasteiger partial charge in [-0.2, -0.15) is 0 Å². The van der Waals surface area contributed by atoms with Crippen molar-refractivity contribution in [1.29, 1.82) is 0 Å². The van der Waals surface area contributed by atoms with E-state index in [1.807, 2.05) is 20.8 Å². The van der Waals surface area contributed by atoms with Gasteiger partial charge in [-0.05, 0) is 25.7 Å². The Hall–Kier alpha value is -1.94. The molecule has 0 fully saturated rings. The van der Waals surface area contributed by atoms with Crippen molar-refractivity contribution in [1.82, 2.24) is 0 Å². The van der Waals surface area contributed by atoms with Crippen LogP contribution in [0.25, 0.3) is 0 Å². The summed E-state index contributed by atoms with van der Waals surface area (Å²) in [6.07, 6.45) is 21.2. The lowest BCUT2D eigenvalue weighted by molar-refractivity contribution is -0.161. The molecule has 0 bridgehead atoms. The van der Waals surface area contributed by atoms with Gasteiger partial charge in [0.1, 0.15) is 19.3 Å². The van der Waals surface area contributed by atoms with E-state index in [0.717, 1.165) is 57.8 Å². The molecule has 0 spiro atoms. The summed E-state index contributed by atoms with van der Waals surface area (Å²) in [4.78, 5) is 69.8. The largest absolute Gasteiger partial charge is 0.472 e. The highest BCUT2D eigenvalue weighted by Crippen LogP contribution is 2.45. The van der Waals surface area contributed by atoms with Crippen LogP contribution in [0.2, 0.25) is 0 Å². The average Bonchev–Trinajstić information content (AvgIpc) is 3.26. The summed E-state index contributed by atoms with van der Waals surface area (Å²) in [6.45, 7) is 4.15. The fourth-order valence-electron chi connectivity index (χ4n) is 6.25. The van der Waals surface area contributed by atoms with Gasteiger partial charge in [0.2, 0.25) is 0 Å². The highest BCUT2D eigenvalue weighted by molar-refractivity contribution is 7.47. The van der Waals surface area contributed by atoms with Gasteiger partial charge < -0.3 is 33.8 Å². The van der Waals surface area contributed by atoms with Crippen LogP contribution in [0.4, 0.5) is 0 Å². The molecule has 0 aliphatic rings. The second-order valence-electron chi connectivity index (χ2n) is 16.4. The number of unbranched alkanes of at least 4 members (excludes halogenated alkanes) is 20. The SMILES string of the molecule is CCCCCCCCCCCCCCCCCC(=O)OC[C@H](COP(=O)(O)OC[C@@H](O)COP(=O)(O)OC[C@@H](COC(=O)CCCCCC)OC(=O)CCCC)OC(=O)CCCCC. The third kappa shape index (κ3) is 40.3. The van der Waals surface area contributed by atoms with E-state index in [1.165, 1.54) is 70.6 Å². The van der Waals surface area contributed by atoms with Crippen LogP contribution in [0.1, 0.15) is 207 Å². The lowest BCUT2D eigenvalue weighted by Gasteiger charge is -2.21. The molecule has 19 heteroatoms. The van der Waals surface area contributed by atoms with Gasteiger partial charge in [0.05, 0.1) is 26.4 Å². The van der Waals surface area contributed by atoms with E-state index in [1.54, 1.807) is 0 Å². The molecule has 3 N–H and O–H groups in total. The summed E-state index contributed by atoms with van der Waals surface area (Å²) >= 11 is 0. The number of hydrogen-bond donors (Lipinski definition) is 3. The second kappa shape index (κ2) is 41.3. The van der Waals surface area contributed by atoms with Crippen LogP contribution in [0, 0.1) is 0 Å². The number of carbonyl (C=O) groups is 4. The van der Waals surface area contributed by atoms with Crippen LogP contribution in [-0.4, -0.2) is 96.7 Å². The minimum absolute atomic E-state index is 0.0772.